The van der Waals surface area contributed by atoms with Crippen molar-refractivity contribution >= 4 is 45.0 Å². The summed E-state index contributed by atoms with van der Waals surface area (Å²) in [5.74, 6) is -0.988. The molecule has 0 radical (unpaired) electrons. The van der Waals surface area contributed by atoms with E-state index >= 15 is 0 Å². The number of hydrogen-bond acceptors (Lipinski definition) is 3. The molecule has 1 heterocycles. The molecule has 6 nitrogen and oxygen atoms in total. The van der Waals surface area contributed by atoms with E-state index in [-0.39, 0.29) is 17.5 Å². The molecule has 2 amide bonds. The summed E-state index contributed by atoms with van der Waals surface area (Å²) >= 11 is 9.29. The second kappa shape index (κ2) is 6.57. The molecule has 8 heteroatoms. The Kier molecular flexibility index (Phi) is 4.64. The molecule has 3 rings (SSSR count). The van der Waals surface area contributed by atoms with Crippen molar-refractivity contribution in [1.29, 1.82) is 0 Å². The molecule has 0 saturated heterocycles. The molecular formula is C16H16BrClN4O2. The number of nitrogens with two attached hydrogens (primary N) is 1. The van der Waals surface area contributed by atoms with Gasteiger partial charge in [-0.15, -0.1) is 0 Å². The molecule has 1 aromatic heterocycles. The predicted molar refractivity (Wildman–Crippen MR) is 95.5 cm³/mol. The number of anilines is 1. The van der Waals surface area contributed by atoms with Crippen LogP contribution in [-0.2, 0) is 0 Å². The maximum absolute atomic E-state index is 12.7. The number of aromatic nitrogens is 2. The Hall–Kier alpha value is -1.86. The molecule has 1 fully saturated rings. The molecule has 1 aliphatic carbocycles. The van der Waals surface area contributed by atoms with Gasteiger partial charge in [-0.1, -0.05) is 11.6 Å². The van der Waals surface area contributed by atoms with E-state index in [4.69, 9.17) is 17.3 Å². The summed E-state index contributed by atoms with van der Waals surface area (Å²) in [6.07, 6.45) is 3.13. The van der Waals surface area contributed by atoms with Gasteiger partial charge >= 0.3 is 0 Å². The summed E-state index contributed by atoms with van der Waals surface area (Å²) in [5.41, 5.74) is 7.06. The first kappa shape index (κ1) is 17.0. The first-order valence-electron chi connectivity index (χ1n) is 7.53. The summed E-state index contributed by atoms with van der Waals surface area (Å²) in [7, 11) is 0. The molecule has 0 bridgehead atoms. The van der Waals surface area contributed by atoms with Gasteiger partial charge in [0.15, 0.2) is 0 Å². The topological polar surface area (TPSA) is 90.0 Å². The minimum atomic E-state index is -0.649. The summed E-state index contributed by atoms with van der Waals surface area (Å²) in [5, 5.41) is 7.52. The van der Waals surface area contributed by atoms with E-state index in [0.29, 0.717) is 26.6 Å². The number of aryl methyl sites for hydroxylation is 1. The van der Waals surface area contributed by atoms with Gasteiger partial charge in [-0.3, -0.25) is 14.3 Å². The van der Waals surface area contributed by atoms with Gasteiger partial charge in [-0.05, 0) is 59.8 Å². The number of halogens is 2. The van der Waals surface area contributed by atoms with Gasteiger partial charge in [0.25, 0.3) is 11.8 Å². The highest BCUT2D eigenvalue weighted by molar-refractivity contribution is 9.10. The lowest BCUT2D eigenvalue weighted by Gasteiger charge is -2.27. The molecule has 1 saturated carbocycles. The maximum Gasteiger partial charge on any atom is 0.274 e. The van der Waals surface area contributed by atoms with Crippen molar-refractivity contribution < 1.29 is 9.59 Å². The van der Waals surface area contributed by atoms with E-state index in [0.717, 1.165) is 19.3 Å². The van der Waals surface area contributed by atoms with Crippen LogP contribution in [0, 0.1) is 6.92 Å². The Morgan fingerprint density at radius 3 is 2.67 bits per heavy atom. The van der Waals surface area contributed by atoms with E-state index in [9.17, 15) is 9.59 Å². The molecule has 0 unspecified atom stereocenters. The highest BCUT2D eigenvalue weighted by Crippen LogP contribution is 2.33. The normalized spacial score (nSPS) is 14.3. The molecule has 126 valence electrons. The fourth-order valence-corrected chi connectivity index (χ4v) is 3.39. The average molecular weight is 412 g/mol. The number of carbonyl (C=O) groups excluding carboxylic acids is 2. The van der Waals surface area contributed by atoms with Crippen LogP contribution < -0.4 is 11.1 Å². The van der Waals surface area contributed by atoms with Crippen molar-refractivity contribution in [2.75, 3.05) is 5.32 Å². The summed E-state index contributed by atoms with van der Waals surface area (Å²) in [4.78, 5) is 24.4. The van der Waals surface area contributed by atoms with E-state index in [2.05, 4.69) is 26.3 Å². The van der Waals surface area contributed by atoms with Crippen LogP contribution in [0.2, 0.25) is 5.02 Å². The fraction of sp³-hybridized carbons (Fsp3) is 0.312. The minimum absolute atomic E-state index is 0.183. The van der Waals surface area contributed by atoms with Crippen LogP contribution in [0.4, 0.5) is 5.69 Å². The molecule has 1 aromatic carbocycles. The van der Waals surface area contributed by atoms with Crippen LogP contribution >= 0.6 is 27.5 Å². The molecular weight excluding hydrogens is 396 g/mol. The van der Waals surface area contributed by atoms with Crippen LogP contribution in [0.3, 0.4) is 0 Å². The highest BCUT2D eigenvalue weighted by Gasteiger charge is 2.26. The van der Waals surface area contributed by atoms with E-state index in [1.807, 2.05) is 0 Å². The Balaban J connectivity index is 1.95. The number of hydrogen-bond donors (Lipinski definition) is 2. The molecule has 3 N–H and O–H groups in total. The van der Waals surface area contributed by atoms with Crippen LogP contribution in [0.1, 0.15) is 51.7 Å². The quantitative estimate of drug-likeness (QED) is 0.804. The van der Waals surface area contributed by atoms with Crippen molar-refractivity contribution in [2.24, 2.45) is 5.73 Å². The Labute approximate surface area is 152 Å². The molecule has 0 spiro atoms. The van der Waals surface area contributed by atoms with Gasteiger partial charge in [0.2, 0.25) is 0 Å². The molecule has 0 atom stereocenters. The van der Waals surface area contributed by atoms with Crippen LogP contribution in [0.25, 0.3) is 0 Å². The first-order valence-corrected chi connectivity index (χ1v) is 8.70. The zero-order chi connectivity index (χ0) is 17.4. The van der Waals surface area contributed by atoms with Crippen LogP contribution in [0.5, 0.6) is 0 Å². The first-order chi connectivity index (χ1) is 11.4. The van der Waals surface area contributed by atoms with Gasteiger partial charge in [0.1, 0.15) is 10.3 Å². The Morgan fingerprint density at radius 2 is 2.08 bits per heavy atom. The van der Waals surface area contributed by atoms with Crippen molar-refractivity contribution in [3.63, 3.8) is 0 Å². The van der Waals surface area contributed by atoms with E-state index in [1.54, 1.807) is 23.7 Å². The van der Waals surface area contributed by atoms with Gasteiger partial charge in [0.05, 0.1) is 17.3 Å². The monoisotopic (exact) mass is 410 g/mol. The number of nitrogens with zero attached hydrogens (tertiary/aromatic N) is 2. The van der Waals surface area contributed by atoms with Crippen molar-refractivity contribution in [3.05, 3.63) is 44.6 Å². The van der Waals surface area contributed by atoms with E-state index < -0.39 is 5.91 Å². The molecule has 24 heavy (non-hydrogen) atoms. The number of amides is 2. The van der Waals surface area contributed by atoms with Crippen LogP contribution in [-0.4, -0.2) is 21.6 Å². The van der Waals surface area contributed by atoms with Gasteiger partial charge < -0.3 is 11.1 Å². The van der Waals surface area contributed by atoms with Gasteiger partial charge in [-0.25, -0.2) is 0 Å². The third-order valence-electron chi connectivity index (χ3n) is 4.16. The molecule has 2 aromatic rings. The lowest BCUT2D eigenvalue weighted by Crippen LogP contribution is -2.26. The Bertz CT molecular complexity index is 830. The SMILES string of the molecule is Cc1cc(Cl)cc(C(N)=O)c1NC(=O)c1cc(Br)nn1C1CCC1. The fourth-order valence-electron chi connectivity index (χ4n) is 2.72. The highest BCUT2D eigenvalue weighted by atomic mass is 79.9. The standard InChI is InChI=1S/C16H16BrClN4O2/c1-8-5-9(18)6-11(15(19)23)14(8)20-16(24)12-7-13(17)21-22(12)10-3-2-4-10/h5-7,10H,2-4H2,1H3,(H2,19,23)(H,20,24). The third-order valence-corrected chi connectivity index (χ3v) is 4.77. The Morgan fingerprint density at radius 1 is 1.38 bits per heavy atom. The third kappa shape index (κ3) is 3.18. The van der Waals surface area contributed by atoms with Crippen molar-refractivity contribution in [3.8, 4) is 0 Å². The number of primary amides is 1. The van der Waals surface area contributed by atoms with Crippen molar-refractivity contribution in [2.45, 2.75) is 32.2 Å². The summed E-state index contributed by atoms with van der Waals surface area (Å²) in [6.45, 7) is 1.76. The van der Waals surface area contributed by atoms with Gasteiger partial charge in [-0.2, -0.15) is 5.10 Å². The molecule has 0 aliphatic heterocycles. The zero-order valence-electron chi connectivity index (χ0n) is 13.0. The summed E-state index contributed by atoms with van der Waals surface area (Å²) in [6, 6.07) is 5.02. The van der Waals surface area contributed by atoms with Gasteiger partial charge in [0, 0.05) is 11.1 Å². The second-order valence-electron chi connectivity index (χ2n) is 5.85. The lowest BCUT2D eigenvalue weighted by atomic mass is 9.93. The van der Waals surface area contributed by atoms with E-state index in [1.165, 1.54) is 6.07 Å². The smallest absolute Gasteiger partial charge is 0.274 e. The number of benzene rings is 1. The maximum atomic E-state index is 12.7. The van der Waals surface area contributed by atoms with Crippen LogP contribution in [0.15, 0.2) is 22.8 Å². The predicted octanol–water partition coefficient (Wildman–Crippen LogP) is 3.68. The number of rotatable bonds is 4. The average Bonchev–Trinajstić information content (AvgIpc) is 2.80. The zero-order valence-corrected chi connectivity index (χ0v) is 15.3. The summed E-state index contributed by atoms with van der Waals surface area (Å²) < 4.78 is 2.33. The lowest BCUT2D eigenvalue weighted by molar-refractivity contribution is 0.100. The largest absolute Gasteiger partial charge is 0.366 e. The van der Waals surface area contributed by atoms with Crippen molar-refractivity contribution in [1.82, 2.24) is 9.78 Å². The minimum Gasteiger partial charge on any atom is -0.366 e. The number of carbonyl (C=O) groups is 2. The number of nitrogens with one attached hydrogen (secondary N) is 1. The second-order valence-corrected chi connectivity index (χ2v) is 7.09. The molecule has 1 aliphatic rings.